The molecule has 1 aromatic rings. The highest BCUT2D eigenvalue weighted by atomic mass is 16.1. The number of carbonyl (C=O) groups excluding carboxylic acids is 1. The first-order valence-electron chi connectivity index (χ1n) is 6.04. The maximum absolute atomic E-state index is 11.7. The SMILES string of the molecule is CC(C)(CCN)CNC(=O)Cc1ccccc1. The Hall–Kier alpha value is -1.35. The molecule has 0 saturated carbocycles. The van der Waals surface area contributed by atoms with Crippen LogP contribution in [0.4, 0.5) is 0 Å². The Morgan fingerprint density at radius 3 is 2.53 bits per heavy atom. The zero-order valence-corrected chi connectivity index (χ0v) is 10.7. The summed E-state index contributed by atoms with van der Waals surface area (Å²) in [6.45, 7) is 5.56. The average Bonchev–Trinajstić information content (AvgIpc) is 2.28. The molecule has 0 aliphatic carbocycles. The summed E-state index contributed by atoms with van der Waals surface area (Å²) < 4.78 is 0. The van der Waals surface area contributed by atoms with Crippen molar-refractivity contribution in [2.75, 3.05) is 13.1 Å². The lowest BCUT2D eigenvalue weighted by molar-refractivity contribution is -0.120. The molecule has 0 saturated heterocycles. The van der Waals surface area contributed by atoms with E-state index in [2.05, 4.69) is 19.2 Å². The zero-order valence-electron chi connectivity index (χ0n) is 10.7. The van der Waals surface area contributed by atoms with Gasteiger partial charge in [-0.05, 0) is 23.9 Å². The van der Waals surface area contributed by atoms with E-state index < -0.39 is 0 Å². The van der Waals surface area contributed by atoms with Crippen LogP contribution in [0.2, 0.25) is 0 Å². The molecule has 3 N–H and O–H groups in total. The Morgan fingerprint density at radius 2 is 1.94 bits per heavy atom. The second-order valence-electron chi connectivity index (χ2n) is 5.14. The van der Waals surface area contributed by atoms with Gasteiger partial charge in [-0.25, -0.2) is 0 Å². The number of nitrogens with one attached hydrogen (secondary N) is 1. The molecule has 3 heteroatoms. The van der Waals surface area contributed by atoms with Gasteiger partial charge in [0.1, 0.15) is 0 Å². The van der Waals surface area contributed by atoms with Crippen molar-refractivity contribution in [1.29, 1.82) is 0 Å². The van der Waals surface area contributed by atoms with Gasteiger partial charge in [0.25, 0.3) is 0 Å². The van der Waals surface area contributed by atoms with E-state index in [1.807, 2.05) is 30.3 Å². The number of nitrogens with two attached hydrogens (primary N) is 1. The molecular weight excluding hydrogens is 212 g/mol. The van der Waals surface area contributed by atoms with E-state index in [1.54, 1.807) is 0 Å². The lowest BCUT2D eigenvalue weighted by Gasteiger charge is -2.24. The zero-order chi connectivity index (χ0) is 12.7. The highest BCUT2D eigenvalue weighted by Gasteiger charge is 2.17. The average molecular weight is 234 g/mol. The van der Waals surface area contributed by atoms with Gasteiger partial charge in [0.15, 0.2) is 0 Å². The summed E-state index contributed by atoms with van der Waals surface area (Å²) in [4.78, 5) is 11.7. The first-order chi connectivity index (χ1) is 8.03. The van der Waals surface area contributed by atoms with E-state index in [0.717, 1.165) is 12.0 Å². The van der Waals surface area contributed by atoms with E-state index in [1.165, 1.54) is 0 Å². The van der Waals surface area contributed by atoms with Gasteiger partial charge in [0.2, 0.25) is 5.91 Å². The van der Waals surface area contributed by atoms with E-state index in [9.17, 15) is 4.79 Å². The van der Waals surface area contributed by atoms with Crippen LogP contribution >= 0.6 is 0 Å². The fraction of sp³-hybridized carbons (Fsp3) is 0.500. The van der Waals surface area contributed by atoms with Crippen molar-refractivity contribution in [1.82, 2.24) is 5.32 Å². The summed E-state index contributed by atoms with van der Waals surface area (Å²) in [6.07, 6.45) is 1.36. The molecule has 0 aliphatic rings. The van der Waals surface area contributed by atoms with Crippen molar-refractivity contribution in [2.45, 2.75) is 26.7 Å². The third-order valence-corrected chi connectivity index (χ3v) is 2.79. The van der Waals surface area contributed by atoms with Crippen molar-refractivity contribution in [2.24, 2.45) is 11.1 Å². The molecule has 0 unspecified atom stereocenters. The van der Waals surface area contributed by atoms with Crippen molar-refractivity contribution in [3.05, 3.63) is 35.9 Å². The van der Waals surface area contributed by atoms with Gasteiger partial charge in [0.05, 0.1) is 6.42 Å². The van der Waals surface area contributed by atoms with Crippen LogP contribution in [-0.4, -0.2) is 19.0 Å². The Bertz CT molecular complexity index is 346. The lowest BCUT2D eigenvalue weighted by Crippen LogP contribution is -2.36. The Morgan fingerprint density at radius 1 is 1.29 bits per heavy atom. The molecule has 0 spiro atoms. The minimum absolute atomic E-state index is 0.0705. The van der Waals surface area contributed by atoms with Crippen LogP contribution < -0.4 is 11.1 Å². The minimum atomic E-state index is 0.0705. The lowest BCUT2D eigenvalue weighted by atomic mass is 9.89. The molecule has 0 heterocycles. The number of benzene rings is 1. The van der Waals surface area contributed by atoms with Crippen LogP contribution in [0.15, 0.2) is 30.3 Å². The maximum Gasteiger partial charge on any atom is 0.224 e. The molecule has 0 bridgehead atoms. The summed E-state index contributed by atoms with van der Waals surface area (Å²) in [5.74, 6) is 0.0706. The second-order valence-corrected chi connectivity index (χ2v) is 5.14. The van der Waals surface area contributed by atoms with Gasteiger partial charge in [-0.1, -0.05) is 44.2 Å². The molecule has 0 radical (unpaired) electrons. The normalized spacial score (nSPS) is 11.2. The minimum Gasteiger partial charge on any atom is -0.355 e. The van der Waals surface area contributed by atoms with Crippen molar-refractivity contribution in [3.8, 4) is 0 Å². The molecule has 0 atom stereocenters. The van der Waals surface area contributed by atoms with Gasteiger partial charge in [-0.15, -0.1) is 0 Å². The molecule has 0 aromatic heterocycles. The van der Waals surface area contributed by atoms with Crippen LogP contribution in [0.3, 0.4) is 0 Å². The second kappa shape index (κ2) is 6.40. The third kappa shape index (κ3) is 5.50. The number of hydrogen-bond donors (Lipinski definition) is 2. The maximum atomic E-state index is 11.7. The van der Waals surface area contributed by atoms with Crippen LogP contribution in [0.25, 0.3) is 0 Å². The first-order valence-corrected chi connectivity index (χ1v) is 6.04. The summed E-state index contributed by atoms with van der Waals surface area (Å²) in [5, 5.41) is 2.96. The van der Waals surface area contributed by atoms with Crippen molar-refractivity contribution < 1.29 is 4.79 Å². The van der Waals surface area contributed by atoms with E-state index >= 15 is 0 Å². The number of amides is 1. The predicted octanol–water partition coefficient (Wildman–Crippen LogP) is 1.72. The van der Waals surface area contributed by atoms with Gasteiger partial charge < -0.3 is 11.1 Å². The van der Waals surface area contributed by atoms with Crippen LogP contribution in [0, 0.1) is 5.41 Å². The van der Waals surface area contributed by atoms with E-state index in [-0.39, 0.29) is 11.3 Å². The van der Waals surface area contributed by atoms with Gasteiger partial charge >= 0.3 is 0 Å². The third-order valence-electron chi connectivity index (χ3n) is 2.79. The highest BCUT2D eigenvalue weighted by molar-refractivity contribution is 5.78. The molecule has 0 aliphatic heterocycles. The Balaban J connectivity index is 2.36. The smallest absolute Gasteiger partial charge is 0.224 e. The fourth-order valence-electron chi connectivity index (χ4n) is 1.66. The molecule has 94 valence electrons. The van der Waals surface area contributed by atoms with E-state index in [4.69, 9.17) is 5.73 Å². The van der Waals surface area contributed by atoms with Crippen LogP contribution in [0.5, 0.6) is 0 Å². The number of hydrogen-bond acceptors (Lipinski definition) is 2. The predicted molar refractivity (Wildman–Crippen MR) is 70.6 cm³/mol. The van der Waals surface area contributed by atoms with Crippen LogP contribution in [0.1, 0.15) is 25.8 Å². The van der Waals surface area contributed by atoms with Crippen LogP contribution in [-0.2, 0) is 11.2 Å². The number of rotatable bonds is 6. The monoisotopic (exact) mass is 234 g/mol. The van der Waals surface area contributed by atoms with Gasteiger partial charge in [-0.3, -0.25) is 4.79 Å². The Kier molecular flexibility index (Phi) is 5.16. The summed E-state index contributed by atoms with van der Waals surface area (Å²) in [7, 11) is 0. The fourth-order valence-corrected chi connectivity index (χ4v) is 1.66. The highest BCUT2D eigenvalue weighted by Crippen LogP contribution is 2.17. The summed E-state index contributed by atoms with van der Waals surface area (Å²) in [6, 6.07) is 9.77. The van der Waals surface area contributed by atoms with E-state index in [0.29, 0.717) is 19.5 Å². The van der Waals surface area contributed by atoms with Crippen molar-refractivity contribution >= 4 is 5.91 Å². The summed E-state index contributed by atoms with van der Waals surface area (Å²) >= 11 is 0. The topological polar surface area (TPSA) is 55.1 Å². The standard InChI is InChI=1S/C14H22N2O/c1-14(2,8-9-15)11-16-13(17)10-12-6-4-3-5-7-12/h3-7H,8-11,15H2,1-2H3,(H,16,17). The Labute approximate surface area is 103 Å². The largest absolute Gasteiger partial charge is 0.355 e. The van der Waals surface area contributed by atoms with Gasteiger partial charge in [-0.2, -0.15) is 0 Å². The molecule has 3 nitrogen and oxygen atoms in total. The first kappa shape index (κ1) is 13.7. The molecular formula is C14H22N2O. The molecule has 1 rings (SSSR count). The van der Waals surface area contributed by atoms with Crippen molar-refractivity contribution in [3.63, 3.8) is 0 Å². The molecule has 0 fully saturated rings. The number of carbonyl (C=O) groups is 1. The van der Waals surface area contributed by atoms with Gasteiger partial charge in [0, 0.05) is 6.54 Å². The summed E-state index contributed by atoms with van der Waals surface area (Å²) in [5.41, 5.74) is 6.65. The molecule has 1 amide bonds. The quantitative estimate of drug-likeness (QED) is 0.787. The molecule has 1 aromatic carbocycles. The molecule has 17 heavy (non-hydrogen) atoms.